The van der Waals surface area contributed by atoms with E-state index in [0.29, 0.717) is 17.7 Å². The van der Waals surface area contributed by atoms with Crippen molar-refractivity contribution in [3.63, 3.8) is 0 Å². The number of nitrogens with one attached hydrogen (secondary N) is 1. The molecular weight excluding hydrogens is 338 g/mol. The second kappa shape index (κ2) is 7.14. The topological polar surface area (TPSA) is 32.3 Å². The molecule has 0 aliphatic carbocycles. The fourth-order valence-corrected chi connectivity index (χ4v) is 1.88. The van der Waals surface area contributed by atoms with Gasteiger partial charge in [0.25, 0.3) is 0 Å². The van der Waals surface area contributed by atoms with Gasteiger partial charge in [-0.2, -0.15) is 26.3 Å². The van der Waals surface area contributed by atoms with Gasteiger partial charge in [-0.15, -0.1) is 0 Å². The van der Waals surface area contributed by atoms with Crippen LogP contribution in [-0.2, 0) is 12.4 Å². The Morgan fingerprint density at radius 3 is 1.88 bits per heavy atom. The van der Waals surface area contributed by atoms with Crippen LogP contribution in [0.4, 0.5) is 36.8 Å². The molecule has 0 bridgehead atoms. The summed E-state index contributed by atoms with van der Waals surface area (Å²) in [6.45, 7) is 7.21. The minimum atomic E-state index is -4.97. The van der Waals surface area contributed by atoms with Crippen LogP contribution in [0, 0.1) is 0 Å². The fraction of sp³-hybridized carbons (Fsp3) is 0.400. The largest absolute Gasteiger partial charge is 0.416 e. The van der Waals surface area contributed by atoms with E-state index in [0.717, 1.165) is 0 Å². The van der Waals surface area contributed by atoms with Crippen LogP contribution in [0.5, 0.6) is 0 Å². The number of urea groups is 1. The molecule has 0 radical (unpaired) electrons. The molecule has 2 amide bonds. The Kier molecular flexibility index (Phi) is 5.91. The molecule has 3 nitrogen and oxygen atoms in total. The number of hydrogen-bond acceptors (Lipinski definition) is 1. The molecule has 0 saturated heterocycles. The van der Waals surface area contributed by atoms with Crippen molar-refractivity contribution in [1.29, 1.82) is 0 Å². The smallest absolute Gasteiger partial charge is 0.321 e. The van der Waals surface area contributed by atoms with E-state index < -0.39 is 35.2 Å². The van der Waals surface area contributed by atoms with Gasteiger partial charge < -0.3 is 10.2 Å². The van der Waals surface area contributed by atoms with Gasteiger partial charge in [0.05, 0.1) is 11.1 Å². The Morgan fingerprint density at radius 1 is 1.08 bits per heavy atom. The monoisotopic (exact) mass is 354 g/mol. The third kappa shape index (κ3) is 5.47. The number of hydrogen-bond donors (Lipinski definition) is 1. The summed E-state index contributed by atoms with van der Waals surface area (Å²) < 4.78 is 76.6. The van der Waals surface area contributed by atoms with Crippen LogP contribution in [-0.4, -0.2) is 24.0 Å². The normalized spacial score (nSPS) is 12.0. The molecule has 134 valence electrons. The van der Waals surface area contributed by atoms with Gasteiger partial charge in [-0.25, -0.2) is 4.79 Å². The highest BCUT2D eigenvalue weighted by molar-refractivity contribution is 5.89. The second-order valence-electron chi connectivity index (χ2n) is 5.20. The molecule has 1 aromatic rings. The first-order valence-electron chi connectivity index (χ1n) is 6.84. The van der Waals surface area contributed by atoms with Crippen LogP contribution in [0.15, 0.2) is 30.4 Å². The van der Waals surface area contributed by atoms with Crippen molar-refractivity contribution >= 4 is 11.7 Å². The average molecular weight is 354 g/mol. The predicted octanol–water partition coefficient (Wildman–Crippen LogP) is 5.15. The molecule has 9 heteroatoms. The lowest BCUT2D eigenvalue weighted by atomic mass is 10.1. The number of likely N-dealkylation sites (N-methyl/N-ethyl adjacent to an activating group) is 1. The maximum Gasteiger partial charge on any atom is 0.416 e. The number of alkyl halides is 6. The minimum absolute atomic E-state index is 0.00113. The van der Waals surface area contributed by atoms with Crippen molar-refractivity contribution in [2.45, 2.75) is 26.2 Å². The highest BCUT2D eigenvalue weighted by Crippen LogP contribution is 2.37. The molecule has 1 N–H and O–H groups in total. The molecule has 0 spiro atoms. The molecule has 0 aromatic heterocycles. The van der Waals surface area contributed by atoms with Crippen LogP contribution >= 0.6 is 0 Å². The van der Waals surface area contributed by atoms with Gasteiger partial charge in [-0.05, 0) is 32.0 Å². The molecule has 0 fully saturated rings. The van der Waals surface area contributed by atoms with E-state index in [1.807, 2.05) is 0 Å². The summed E-state index contributed by atoms with van der Waals surface area (Å²) in [5, 5.41) is 2.07. The highest BCUT2D eigenvalue weighted by atomic mass is 19.4. The molecule has 0 heterocycles. The molecule has 0 aliphatic heterocycles. The summed E-state index contributed by atoms with van der Waals surface area (Å²) in [5.41, 5.74) is -2.94. The quantitative estimate of drug-likeness (QED) is 0.588. The summed E-state index contributed by atoms with van der Waals surface area (Å²) in [4.78, 5) is 13.2. The van der Waals surface area contributed by atoms with Crippen LogP contribution in [0.3, 0.4) is 0 Å². The highest BCUT2D eigenvalue weighted by Gasteiger charge is 2.37. The number of carbonyl (C=O) groups is 1. The number of rotatable bonds is 4. The average Bonchev–Trinajstić information content (AvgIpc) is 2.42. The number of carbonyl (C=O) groups excluding carboxylic acids is 1. The first-order chi connectivity index (χ1) is 10.8. The van der Waals surface area contributed by atoms with E-state index in [2.05, 4.69) is 11.9 Å². The van der Waals surface area contributed by atoms with Gasteiger partial charge >= 0.3 is 18.4 Å². The van der Waals surface area contributed by atoms with Gasteiger partial charge in [0.2, 0.25) is 0 Å². The Hall–Kier alpha value is -2.19. The van der Waals surface area contributed by atoms with Gasteiger partial charge in [-0.1, -0.05) is 12.2 Å². The van der Waals surface area contributed by atoms with Crippen molar-refractivity contribution in [3.8, 4) is 0 Å². The van der Waals surface area contributed by atoms with E-state index in [1.165, 1.54) is 4.90 Å². The number of halogens is 6. The fourth-order valence-electron chi connectivity index (χ4n) is 1.88. The van der Waals surface area contributed by atoms with E-state index in [9.17, 15) is 31.1 Å². The summed E-state index contributed by atoms with van der Waals surface area (Å²) in [5.74, 6) is 0. The third-order valence-electron chi connectivity index (χ3n) is 2.97. The van der Waals surface area contributed by atoms with Gasteiger partial charge in [0, 0.05) is 18.8 Å². The molecule has 0 saturated carbocycles. The molecule has 1 aromatic carbocycles. The zero-order valence-corrected chi connectivity index (χ0v) is 13.0. The second-order valence-corrected chi connectivity index (χ2v) is 5.20. The lowest BCUT2D eigenvalue weighted by Gasteiger charge is -2.22. The summed E-state index contributed by atoms with van der Waals surface area (Å²) in [7, 11) is 0. The minimum Gasteiger partial charge on any atom is -0.321 e. The van der Waals surface area contributed by atoms with Crippen LogP contribution < -0.4 is 5.32 Å². The van der Waals surface area contributed by atoms with Gasteiger partial charge in [0.1, 0.15) is 0 Å². The Bertz CT molecular complexity index is 589. The lowest BCUT2D eigenvalue weighted by Crippen LogP contribution is -2.36. The Labute approximate surface area is 134 Å². The SMILES string of the molecule is C=C(C)CN(CC)C(=O)Nc1cc(C(F)(F)F)cc(C(F)(F)F)c1. The van der Waals surface area contributed by atoms with E-state index in [4.69, 9.17) is 0 Å². The lowest BCUT2D eigenvalue weighted by molar-refractivity contribution is -0.143. The third-order valence-corrected chi connectivity index (χ3v) is 2.97. The Balaban J connectivity index is 3.19. The summed E-state index contributed by atoms with van der Waals surface area (Å²) >= 11 is 0. The maximum atomic E-state index is 12.8. The van der Waals surface area contributed by atoms with Gasteiger partial charge in [-0.3, -0.25) is 0 Å². The first-order valence-corrected chi connectivity index (χ1v) is 6.84. The molecule has 0 atom stereocenters. The molecule has 1 rings (SSSR count). The van der Waals surface area contributed by atoms with Crippen molar-refractivity contribution < 1.29 is 31.1 Å². The number of amides is 2. The molecule has 0 aliphatic rings. The molecular formula is C15H16F6N2O. The van der Waals surface area contributed by atoms with Gasteiger partial charge in [0.15, 0.2) is 0 Å². The zero-order chi connectivity index (χ0) is 18.7. The standard InChI is InChI=1S/C15H16F6N2O/c1-4-23(8-9(2)3)13(24)22-12-6-10(14(16,17)18)5-11(7-12)15(19,20)21/h5-7H,2,4,8H2,1,3H3,(H,22,24). The predicted molar refractivity (Wildman–Crippen MR) is 77.5 cm³/mol. The first kappa shape index (κ1) is 19.9. The van der Waals surface area contributed by atoms with Crippen LogP contribution in [0.25, 0.3) is 0 Å². The molecule has 24 heavy (non-hydrogen) atoms. The summed E-state index contributed by atoms with van der Waals surface area (Å²) in [6.07, 6.45) is -9.94. The van der Waals surface area contributed by atoms with E-state index in [-0.39, 0.29) is 19.2 Å². The van der Waals surface area contributed by atoms with Crippen LogP contribution in [0.2, 0.25) is 0 Å². The number of benzene rings is 1. The van der Waals surface area contributed by atoms with Crippen LogP contribution in [0.1, 0.15) is 25.0 Å². The number of anilines is 1. The Morgan fingerprint density at radius 2 is 1.54 bits per heavy atom. The molecule has 0 unspecified atom stereocenters. The van der Waals surface area contributed by atoms with Crippen molar-refractivity contribution in [3.05, 3.63) is 41.5 Å². The summed E-state index contributed by atoms with van der Waals surface area (Å²) in [6, 6.07) is 0.109. The van der Waals surface area contributed by atoms with Crippen molar-refractivity contribution in [2.75, 3.05) is 18.4 Å². The number of nitrogens with zero attached hydrogens (tertiary/aromatic N) is 1. The zero-order valence-electron chi connectivity index (χ0n) is 13.0. The maximum absolute atomic E-state index is 12.8. The van der Waals surface area contributed by atoms with Crippen molar-refractivity contribution in [1.82, 2.24) is 4.90 Å². The van der Waals surface area contributed by atoms with E-state index >= 15 is 0 Å². The van der Waals surface area contributed by atoms with E-state index in [1.54, 1.807) is 13.8 Å². The van der Waals surface area contributed by atoms with Crippen molar-refractivity contribution in [2.24, 2.45) is 0 Å².